The van der Waals surface area contributed by atoms with Crippen molar-refractivity contribution in [3.63, 3.8) is 0 Å². The van der Waals surface area contributed by atoms with Crippen LogP contribution in [0.5, 0.6) is 5.75 Å². The second kappa shape index (κ2) is 7.65. The molecule has 0 aliphatic carbocycles. The summed E-state index contributed by atoms with van der Waals surface area (Å²) in [5.41, 5.74) is 1.16. The van der Waals surface area contributed by atoms with Crippen LogP contribution in [0.1, 0.15) is 44.7 Å². The summed E-state index contributed by atoms with van der Waals surface area (Å²) in [5.74, 6) is -0.325. The van der Waals surface area contributed by atoms with Crippen molar-refractivity contribution < 1.29 is 28.6 Å². The number of benzene rings is 1. The number of ether oxygens (including phenoxy) is 1. The lowest BCUT2D eigenvalue weighted by Crippen LogP contribution is -2.24. The number of amides is 1. The van der Waals surface area contributed by atoms with Gasteiger partial charge in [0, 0.05) is 11.1 Å². The molecule has 0 fully saturated rings. The number of rotatable bonds is 7. The smallest absolute Gasteiger partial charge is 0.339 e. The summed E-state index contributed by atoms with van der Waals surface area (Å²) in [7, 11) is 1.49. The number of hydrogen-bond donors (Lipinski definition) is 2. The third-order valence-electron chi connectivity index (χ3n) is 3.70. The van der Waals surface area contributed by atoms with Crippen molar-refractivity contribution in [2.24, 2.45) is 0 Å². The number of Topliss-reactive ketones (excluding diaryl/α,β-unsaturated/α-hetero) is 1. The molecule has 2 N–H and O–H groups in total. The Morgan fingerprint density at radius 1 is 1.24 bits per heavy atom. The van der Waals surface area contributed by atoms with Crippen molar-refractivity contribution in [2.75, 3.05) is 7.11 Å². The van der Waals surface area contributed by atoms with E-state index in [-0.39, 0.29) is 36.0 Å². The standard InChI is InChI=1S/C18H19NO6/c1-10(20)12-4-5-16(24-3)13(6-12)7-17(21)19-9-14-8-15(18(22)23)11(2)25-14/h4-6,8H,7,9H2,1-3H3,(H,19,21)(H,22,23). The lowest BCUT2D eigenvalue weighted by molar-refractivity contribution is -0.120. The van der Waals surface area contributed by atoms with Crippen LogP contribution in [-0.4, -0.2) is 29.9 Å². The molecule has 1 amide bonds. The van der Waals surface area contributed by atoms with Crippen molar-refractivity contribution >= 4 is 17.7 Å². The zero-order valence-corrected chi connectivity index (χ0v) is 14.2. The first-order chi connectivity index (χ1) is 11.8. The zero-order chi connectivity index (χ0) is 18.6. The molecule has 2 rings (SSSR count). The van der Waals surface area contributed by atoms with E-state index < -0.39 is 5.97 Å². The van der Waals surface area contributed by atoms with Gasteiger partial charge in [0.1, 0.15) is 22.8 Å². The second-order valence-corrected chi connectivity index (χ2v) is 5.52. The van der Waals surface area contributed by atoms with Gasteiger partial charge in [-0.05, 0) is 38.1 Å². The largest absolute Gasteiger partial charge is 0.496 e. The molecule has 7 nitrogen and oxygen atoms in total. The van der Waals surface area contributed by atoms with E-state index in [4.69, 9.17) is 14.3 Å². The number of ketones is 1. The predicted molar refractivity (Wildman–Crippen MR) is 89.0 cm³/mol. The lowest BCUT2D eigenvalue weighted by Gasteiger charge is -2.10. The molecule has 0 radical (unpaired) electrons. The summed E-state index contributed by atoms with van der Waals surface area (Å²) in [4.78, 5) is 34.6. The average molecular weight is 345 g/mol. The lowest BCUT2D eigenvalue weighted by atomic mass is 10.0. The van der Waals surface area contributed by atoms with E-state index in [0.29, 0.717) is 22.6 Å². The predicted octanol–water partition coefficient (Wildman–Crippen LogP) is 2.36. The molecule has 132 valence electrons. The number of aromatic carboxylic acids is 1. The quantitative estimate of drug-likeness (QED) is 0.746. The molecule has 7 heteroatoms. The molecular weight excluding hydrogens is 326 g/mol. The molecule has 0 saturated heterocycles. The maximum Gasteiger partial charge on any atom is 0.339 e. The van der Waals surface area contributed by atoms with Gasteiger partial charge in [0.2, 0.25) is 5.91 Å². The van der Waals surface area contributed by atoms with Gasteiger partial charge in [0.05, 0.1) is 20.1 Å². The number of methoxy groups -OCH3 is 1. The maximum absolute atomic E-state index is 12.2. The monoisotopic (exact) mass is 345 g/mol. The fraction of sp³-hybridized carbons (Fsp3) is 0.278. The Kier molecular flexibility index (Phi) is 5.59. The van der Waals surface area contributed by atoms with Gasteiger partial charge in [-0.25, -0.2) is 4.79 Å². The average Bonchev–Trinajstić information content (AvgIpc) is 2.94. The van der Waals surface area contributed by atoms with E-state index in [1.807, 2.05) is 0 Å². The van der Waals surface area contributed by atoms with Crippen molar-refractivity contribution in [1.82, 2.24) is 5.32 Å². The number of carboxylic acid groups (broad SMARTS) is 1. The minimum Gasteiger partial charge on any atom is -0.496 e. The van der Waals surface area contributed by atoms with Crippen LogP contribution in [-0.2, 0) is 17.8 Å². The van der Waals surface area contributed by atoms with Crippen LogP contribution in [0.15, 0.2) is 28.7 Å². The molecule has 2 aromatic rings. The van der Waals surface area contributed by atoms with Crippen LogP contribution < -0.4 is 10.1 Å². The molecule has 0 saturated carbocycles. The highest BCUT2D eigenvalue weighted by Gasteiger charge is 2.15. The second-order valence-electron chi connectivity index (χ2n) is 5.52. The van der Waals surface area contributed by atoms with Gasteiger partial charge in [0.25, 0.3) is 0 Å². The molecule has 1 aromatic carbocycles. The van der Waals surface area contributed by atoms with Gasteiger partial charge < -0.3 is 19.6 Å². The number of aryl methyl sites for hydroxylation is 1. The fourth-order valence-electron chi connectivity index (χ4n) is 2.40. The first kappa shape index (κ1) is 18.3. The van der Waals surface area contributed by atoms with Crippen molar-refractivity contribution in [3.05, 3.63) is 52.5 Å². The number of carboxylic acids is 1. The van der Waals surface area contributed by atoms with Crippen LogP contribution in [0.4, 0.5) is 0 Å². The molecule has 0 aliphatic heterocycles. The fourth-order valence-corrected chi connectivity index (χ4v) is 2.40. The molecule has 0 atom stereocenters. The Hall–Kier alpha value is -3.09. The maximum atomic E-state index is 12.2. The Balaban J connectivity index is 2.05. The van der Waals surface area contributed by atoms with E-state index >= 15 is 0 Å². The number of carbonyl (C=O) groups is 3. The third kappa shape index (κ3) is 4.47. The van der Waals surface area contributed by atoms with Gasteiger partial charge in [-0.1, -0.05) is 0 Å². The first-order valence-corrected chi connectivity index (χ1v) is 7.59. The first-order valence-electron chi connectivity index (χ1n) is 7.59. The molecule has 1 heterocycles. The van der Waals surface area contributed by atoms with Gasteiger partial charge in [0.15, 0.2) is 5.78 Å². The highest BCUT2D eigenvalue weighted by atomic mass is 16.5. The summed E-state index contributed by atoms with van der Waals surface area (Å²) in [6.07, 6.45) is 0.0236. The third-order valence-corrected chi connectivity index (χ3v) is 3.70. The van der Waals surface area contributed by atoms with E-state index in [0.717, 1.165) is 0 Å². The topological polar surface area (TPSA) is 106 Å². The van der Waals surface area contributed by atoms with Gasteiger partial charge in [-0.15, -0.1) is 0 Å². The Morgan fingerprint density at radius 3 is 2.52 bits per heavy atom. The summed E-state index contributed by atoms with van der Waals surface area (Å²) in [5, 5.41) is 11.7. The number of furan rings is 1. The van der Waals surface area contributed by atoms with Crippen molar-refractivity contribution in [2.45, 2.75) is 26.8 Å². The Labute approximate surface area is 144 Å². The number of hydrogen-bond acceptors (Lipinski definition) is 5. The minimum absolute atomic E-state index is 0.0236. The van der Waals surface area contributed by atoms with Crippen LogP contribution in [0.2, 0.25) is 0 Å². The molecule has 0 unspecified atom stereocenters. The van der Waals surface area contributed by atoms with Crippen molar-refractivity contribution in [3.8, 4) is 5.75 Å². The summed E-state index contributed by atoms with van der Waals surface area (Å²) in [6, 6.07) is 6.30. The highest BCUT2D eigenvalue weighted by molar-refractivity contribution is 5.94. The molecule has 1 aromatic heterocycles. The number of carbonyl (C=O) groups excluding carboxylic acids is 2. The van der Waals surface area contributed by atoms with E-state index in [1.54, 1.807) is 25.1 Å². The zero-order valence-electron chi connectivity index (χ0n) is 14.2. The number of nitrogens with one attached hydrogen (secondary N) is 1. The summed E-state index contributed by atoms with van der Waals surface area (Å²) >= 11 is 0. The summed E-state index contributed by atoms with van der Waals surface area (Å²) in [6.45, 7) is 3.07. The van der Waals surface area contributed by atoms with Crippen LogP contribution in [0, 0.1) is 6.92 Å². The van der Waals surface area contributed by atoms with E-state index in [9.17, 15) is 14.4 Å². The molecule has 0 spiro atoms. The van der Waals surface area contributed by atoms with Crippen LogP contribution in [0.3, 0.4) is 0 Å². The van der Waals surface area contributed by atoms with Crippen LogP contribution in [0.25, 0.3) is 0 Å². The molecule has 0 aliphatic rings. The van der Waals surface area contributed by atoms with E-state index in [2.05, 4.69) is 5.32 Å². The molecule has 0 bridgehead atoms. The SMILES string of the molecule is COc1ccc(C(C)=O)cc1CC(=O)NCc1cc(C(=O)O)c(C)o1. The molecular formula is C18H19NO6. The highest BCUT2D eigenvalue weighted by Crippen LogP contribution is 2.21. The minimum atomic E-state index is -1.08. The Bertz CT molecular complexity index is 821. The van der Waals surface area contributed by atoms with Gasteiger partial charge >= 0.3 is 5.97 Å². The van der Waals surface area contributed by atoms with Gasteiger partial charge in [-0.3, -0.25) is 9.59 Å². The van der Waals surface area contributed by atoms with E-state index in [1.165, 1.54) is 20.1 Å². The molecule has 25 heavy (non-hydrogen) atoms. The normalized spacial score (nSPS) is 10.4. The Morgan fingerprint density at radius 2 is 1.96 bits per heavy atom. The van der Waals surface area contributed by atoms with Crippen molar-refractivity contribution in [1.29, 1.82) is 0 Å². The van der Waals surface area contributed by atoms with Crippen LogP contribution >= 0.6 is 0 Å². The summed E-state index contributed by atoms with van der Waals surface area (Å²) < 4.78 is 10.5. The van der Waals surface area contributed by atoms with Gasteiger partial charge in [-0.2, -0.15) is 0 Å².